The van der Waals surface area contributed by atoms with Gasteiger partial charge in [-0.25, -0.2) is 0 Å². The molecule has 38 heavy (non-hydrogen) atoms. The molecular formula is C28H35N5O5. The summed E-state index contributed by atoms with van der Waals surface area (Å²) < 4.78 is 10.9. The number of fused-ring (bicyclic) bond motifs is 1. The molecule has 202 valence electrons. The van der Waals surface area contributed by atoms with Gasteiger partial charge in [0.15, 0.2) is 11.5 Å². The van der Waals surface area contributed by atoms with Gasteiger partial charge >= 0.3 is 0 Å². The van der Waals surface area contributed by atoms with Gasteiger partial charge in [0.25, 0.3) is 0 Å². The van der Waals surface area contributed by atoms with E-state index in [0.717, 1.165) is 55.3 Å². The number of hydrogen-bond donors (Lipinski definition) is 2. The molecule has 5 rings (SSSR count). The molecule has 0 bridgehead atoms. The van der Waals surface area contributed by atoms with Gasteiger partial charge in [-0.05, 0) is 54.8 Å². The summed E-state index contributed by atoms with van der Waals surface area (Å²) in [7, 11) is 0. The SMILES string of the molecule is Cc1cc(C)cc(NC(=O)C[C@@H]2C(=O)NCCN2C(=O)CN2CCN(Cc3ccc4c(c3)OCO4)CC2)c1. The molecule has 0 radical (unpaired) electrons. The van der Waals surface area contributed by atoms with Crippen molar-refractivity contribution in [3.05, 3.63) is 53.1 Å². The lowest BCUT2D eigenvalue weighted by atomic mass is 10.1. The molecular weight excluding hydrogens is 486 g/mol. The number of nitrogens with zero attached hydrogens (tertiary/aromatic N) is 3. The number of rotatable bonds is 7. The maximum atomic E-state index is 13.3. The molecule has 3 aliphatic rings. The van der Waals surface area contributed by atoms with Crippen molar-refractivity contribution in [3.8, 4) is 11.5 Å². The van der Waals surface area contributed by atoms with Gasteiger partial charge in [-0.2, -0.15) is 0 Å². The third-order valence-electron chi connectivity index (χ3n) is 7.20. The summed E-state index contributed by atoms with van der Waals surface area (Å²) in [6, 6.07) is 11.0. The van der Waals surface area contributed by atoms with E-state index in [4.69, 9.17) is 9.47 Å². The van der Waals surface area contributed by atoms with Crippen LogP contribution < -0.4 is 20.1 Å². The summed E-state index contributed by atoms with van der Waals surface area (Å²) in [4.78, 5) is 44.8. The summed E-state index contributed by atoms with van der Waals surface area (Å²) in [6.45, 7) is 9.23. The third-order valence-corrected chi connectivity index (χ3v) is 7.20. The van der Waals surface area contributed by atoms with E-state index in [1.54, 1.807) is 4.90 Å². The maximum absolute atomic E-state index is 13.3. The quantitative estimate of drug-likeness (QED) is 0.569. The molecule has 10 heteroatoms. The highest BCUT2D eigenvalue weighted by atomic mass is 16.7. The first-order valence-electron chi connectivity index (χ1n) is 13.1. The summed E-state index contributed by atoms with van der Waals surface area (Å²) in [5, 5.41) is 5.69. The molecule has 0 unspecified atom stereocenters. The zero-order valence-corrected chi connectivity index (χ0v) is 22.0. The number of carbonyl (C=O) groups excluding carboxylic acids is 3. The van der Waals surface area contributed by atoms with Gasteiger partial charge in [0.2, 0.25) is 24.5 Å². The van der Waals surface area contributed by atoms with Crippen LogP contribution in [0.15, 0.2) is 36.4 Å². The average Bonchev–Trinajstić information content (AvgIpc) is 3.34. The average molecular weight is 522 g/mol. The molecule has 0 saturated carbocycles. The zero-order chi connectivity index (χ0) is 26.6. The Morgan fingerprint density at radius 1 is 0.947 bits per heavy atom. The first kappa shape index (κ1) is 26.0. The number of anilines is 1. The van der Waals surface area contributed by atoms with E-state index in [9.17, 15) is 14.4 Å². The Balaban J connectivity index is 1.12. The number of carbonyl (C=O) groups is 3. The molecule has 2 aromatic carbocycles. The lowest BCUT2D eigenvalue weighted by molar-refractivity contribution is -0.145. The fraction of sp³-hybridized carbons (Fsp3) is 0.464. The van der Waals surface area contributed by atoms with Gasteiger partial charge in [-0.3, -0.25) is 24.2 Å². The second kappa shape index (κ2) is 11.4. The second-order valence-electron chi connectivity index (χ2n) is 10.3. The maximum Gasteiger partial charge on any atom is 0.243 e. The highest BCUT2D eigenvalue weighted by molar-refractivity contribution is 5.97. The molecule has 2 N–H and O–H groups in total. The van der Waals surface area contributed by atoms with Crippen molar-refractivity contribution in [1.29, 1.82) is 0 Å². The molecule has 1 atom stereocenters. The van der Waals surface area contributed by atoms with E-state index >= 15 is 0 Å². The Morgan fingerprint density at radius 3 is 2.42 bits per heavy atom. The number of piperazine rings is 2. The Labute approximate surface area is 222 Å². The van der Waals surface area contributed by atoms with Crippen molar-refractivity contribution in [2.24, 2.45) is 0 Å². The number of amides is 3. The fourth-order valence-corrected chi connectivity index (χ4v) is 5.34. The van der Waals surface area contributed by atoms with Gasteiger partial charge < -0.3 is 25.0 Å². The number of aryl methyl sites for hydroxylation is 2. The molecule has 0 aliphatic carbocycles. The summed E-state index contributed by atoms with van der Waals surface area (Å²) in [5.41, 5.74) is 3.95. The van der Waals surface area contributed by atoms with Gasteiger partial charge in [-0.15, -0.1) is 0 Å². The number of benzene rings is 2. The van der Waals surface area contributed by atoms with Gasteiger partial charge in [0, 0.05) is 51.5 Å². The Morgan fingerprint density at radius 2 is 1.66 bits per heavy atom. The molecule has 3 heterocycles. The summed E-state index contributed by atoms with van der Waals surface area (Å²) >= 11 is 0. The van der Waals surface area contributed by atoms with Crippen molar-refractivity contribution in [3.63, 3.8) is 0 Å². The van der Waals surface area contributed by atoms with E-state index < -0.39 is 6.04 Å². The normalized spacial score (nSPS) is 19.8. The molecule has 0 aromatic heterocycles. The van der Waals surface area contributed by atoms with Crippen molar-refractivity contribution in [1.82, 2.24) is 20.0 Å². The van der Waals surface area contributed by atoms with E-state index in [1.165, 1.54) is 5.56 Å². The highest BCUT2D eigenvalue weighted by Gasteiger charge is 2.35. The molecule has 3 aliphatic heterocycles. The van der Waals surface area contributed by atoms with Crippen LogP contribution in [0.2, 0.25) is 0 Å². The van der Waals surface area contributed by atoms with Crippen LogP contribution in [-0.4, -0.2) is 91.1 Å². The minimum Gasteiger partial charge on any atom is -0.454 e. The van der Waals surface area contributed by atoms with E-state index in [-0.39, 0.29) is 37.5 Å². The van der Waals surface area contributed by atoms with Crippen molar-refractivity contribution < 1.29 is 23.9 Å². The largest absolute Gasteiger partial charge is 0.454 e. The van der Waals surface area contributed by atoms with E-state index in [2.05, 4.69) is 26.5 Å². The monoisotopic (exact) mass is 521 g/mol. The van der Waals surface area contributed by atoms with Crippen LogP contribution in [-0.2, 0) is 20.9 Å². The second-order valence-corrected chi connectivity index (χ2v) is 10.3. The van der Waals surface area contributed by atoms with E-state index in [1.807, 2.05) is 44.2 Å². The first-order chi connectivity index (χ1) is 18.3. The first-order valence-corrected chi connectivity index (χ1v) is 13.1. The molecule has 2 aromatic rings. The molecule has 2 saturated heterocycles. The smallest absolute Gasteiger partial charge is 0.243 e. The third kappa shape index (κ3) is 6.25. The number of ether oxygens (including phenoxy) is 2. The van der Waals surface area contributed by atoms with E-state index in [0.29, 0.717) is 18.8 Å². The number of hydrogen-bond acceptors (Lipinski definition) is 7. The Bertz CT molecular complexity index is 1190. The molecule has 3 amide bonds. The topological polar surface area (TPSA) is 103 Å². The predicted octanol–water partition coefficient (Wildman–Crippen LogP) is 1.51. The summed E-state index contributed by atoms with van der Waals surface area (Å²) in [5.74, 6) is 0.882. The predicted molar refractivity (Wildman–Crippen MR) is 142 cm³/mol. The fourth-order valence-electron chi connectivity index (χ4n) is 5.34. The van der Waals surface area contributed by atoms with Crippen molar-refractivity contribution >= 4 is 23.4 Å². The minimum atomic E-state index is -0.811. The van der Waals surface area contributed by atoms with Crippen molar-refractivity contribution in [2.75, 3.05) is 57.9 Å². The standard InChI is InChI=1S/C28H35N5O5/c1-19-11-20(2)13-22(12-19)30-26(34)15-23-28(36)29-5-6-33(23)27(35)17-32-9-7-31(8-10-32)16-21-3-4-24-25(14-21)38-18-37-24/h3-4,11-14,23H,5-10,15-18H2,1-2H3,(H,29,36)(H,30,34)/t23-/m1/s1. The van der Waals surface area contributed by atoms with Gasteiger partial charge in [0.1, 0.15) is 6.04 Å². The Kier molecular flexibility index (Phi) is 7.80. The summed E-state index contributed by atoms with van der Waals surface area (Å²) in [6.07, 6.45) is -0.0755. The lowest BCUT2D eigenvalue weighted by Crippen LogP contribution is -2.60. The van der Waals surface area contributed by atoms with Crippen LogP contribution in [0.5, 0.6) is 11.5 Å². The molecule has 0 spiro atoms. The van der Waals surface area contributed by atoms with Crippen molar-refractivity contribution in [2.45, 2.75) is 32.9 Å². The van der Waals surface area contributed by atoms with Crippen LogP contribution in [0.1, 0.15) is 23.1 Å². The van der Waals surface area contributed by atoms with Crippen LogP contribution in [0.4, 0.5) is 5.69 Å². The zero-order valence-electron chi connectivity index (χ0n) is 22.0. The molecule has 10 nitrogen and oxygen atoms in total. The number of nitrogens with one attached hydrogen (secondary N) is 2. The minimum absolute atomic E-state index is 0.0755. The van der Waals surface area contributed by atoms with Crippen LogP contribution in [0.3, 0.4) is 0 Å². The van der Waals surface area contributed by atoms with Crippen LogP contribution >= 0.6 is 0 Å². The lowest BCUT2D eigenvalue weighted by Gasteiger charge is -2.38. The van der Waals surface area contributed by atoms with Gasteiger partial charge in [0.05, 0.1) is 13.0 Å². The van der Waals surface area contributed by atoms with Crippen LogP contribution in [0, 0.1) is 13.8 Å². The molecule has 2 fully saturated rings. The van der Waals surface area contributed by atoms with Gasteiger partial charge in [-0.1, -0.05) is 12.1 Å². The highest BCUT2D eigenvalue weighted by Crippen LogP contribution is 2.32. The Hall–Kier alpha value is -3.63. The van der Waals surface area contributed by atoms with Crippen LogP contribution in [0.25, 0.3) is 0 Å².